The van der Waals surface area contributed by atoms with Crippen LogP contribution in [0.4, 0.5) is 29.2 Å². The monoisotopic (exact) mass is 439 g/mol. The van der Waals surface area contributed by atoms with E-state index in [1.165, 1.54) is 19.2 Å². The van der Waals surface area contributed by atoms with E-state index < -0.39 is 24.4 Å². The van der Waals surface area contributed by atoms with Crippen LogP contribution in [0.25, 0.3) is 11.3 Å². The Balaban J connectivity index is 1.57. The highest BCUT2D eigenvalue weighted by Crippen LogP contribution is 2.60. The lowest BCUT2D eigenvalue weighted by Crippen LogP contribution is -2.55. The number of morpholine rings is 1. The van der Waals surface area contributed by atoms with Crippen molar-refractivity contribution >= 4 is 11.6 Å². The predicted octanol–water partition coefficient (Wildman–Crippen LogP) is 3.46. The van der Waals surface area contributed by atoms with Crippen molar-refractivity contribution in [1.29, 1.82) is 0 Å². The van der Waals surface area contributed by atoms with Crippen molar-refractivity contribution in [2.45, 2.75) is 50.4 Å². The molecular weight excluding hydrogens is 418 g/mol. The first-order valence-corrected chi connectivity index (χ1v) is 10.1. The van der Waals surface area contributed by atoms with Gasteiger partial charge in [-0.25, -0.2) is 23.7 Å². The summed E-state index contributed by atoms with van der Waals surface area (Å²) in [5, 5.41) is 0. The number of ether oxygens (including phenoxy) is 2. The van der Waals surface area contributed by atoms with E-state index in [4.69, 9.17) is 10.5 Å². The second kappa shape index (κ2) is 7.18. The molecule has 31 heavy (non-hydrogen) atoms. The summed E-state index contributed by atoms with van der Waals surface area (Å²) in [6.45, 7) is -0.468. The second-order valence-corrected chi connectivity index (χ2v) is 8.24. The Hall–Kier alpha value is -2.69. The summed E-state index contributed by atoms with van der Waals surface area (Å²) in [5.74, 6) is -4.82. The van der Waals surface area contributed by atoms with Gasteiger partial charge in [-0.3, -0.25) is 0 Å². The average Bonchev–Trinajstić information content (AvgIpc) is 3.26. The molecule has 4 fully saturated rings. The maximum atomic E-state index is 14.1. The van der Waals surface area contributed by atoms with Crippen LogP contribution in [0.1, 0.15) is 31.5 Å². The average molecular weight is 439 g/mol. The molecule has 2 unspecified atom stereocenters. The van der Waals surface area contributed by atoms with Crippen molar-refractivity contribution in [2.24, 2.45) is 5.92 Å². The van der Waals surface area contributed by atoms with Gasteiger partial charge in [-0.15, -0.1) is 0 Å². The van der Waals surface area contributed by atoms with Gasteiger partial charge in [-0.2, -0.15) is 8.78 Å². The molecule has 1 saturated carbocycles. The Kier molecular flexibility index (Phi) is 4.68. The van der Waals surface area contributed by atoms with E-state index in [9.17, 15) is 17.6 Å². The van der Waals surface area contributed by atoms with Crippen LogP contribution < -0.4 is 15.4 Å². The molecule has 11 heteroatoms. The molecule has 0 spiro atoms. The van der Waals surface area contributed by atoms with Crippen molar-refractivity contribution in [3.8, 4) is 17.0 Å². The first-order chi connectivity index (χ1) is 14.7. The van der Waals surface area contributed by atoms with Crippen molar-refractivity contribution in [1.82, 2.24) is 15.0 Å². The molecule has 2 N–H and O–H groups in total. The molecule has 2 aromatic rings. The van der Waals surface area contributed by atoms with Gasteiger partial charge in [-0.1, -0.05) is 6.92 Å². The number of piperidine rings is 1. The lowest BCUT2D eigenvalue weighted by Gasteiger charge is -2.45. The van der Waals surface area contributed by atoms with E-state index in [2.05, 4.69) is 24.6 Å². The molecule has 4 aliphatic rings. The second-order valence-electron chi connectivity index (χ2n) is 8.24. The molecule has 7 nitrogen and oxygen atoms in total. The number of rotatable bonds is 5. The summed E-state index contributed by atoms with van der Waals surface area (Å²) in [5.41, 5.74) is 6.24. The molecule has 4 atom stereocenters. The van der Waals surface area contributed by atoms with Gasteiger partial charge in [0.2, 0.25) is 0 Å². The third kappa shape index (κ3) is 3.54. The fourth-order valence-corrected chi connectivity index (χ4v) is 4.38. The highest BCUT2D eigenvalue weighted by Gasteiger charge is 2.67. The molecule has 0 radical (unpaired) electrons. The van der Waals surface area contributed by atoms with Crippen LogP contribution in [-0.2, 0) is 4.74 Å². The fourth-order valence-electron chi connectivity index (χ4n) is 4.38. The van der Waals surface area contributed by atoms with Crippen molar-refractivity contribution in [3.63, 3.8) is 0 Å². The number of nitrogen functional groups attached to an aromatic ring is 1. The summed E-state index contributed by atoms with van der Waals surface area (Å²) in [6, 6.07) is 3.04. The highest BCUT2D eigenvalue weighted by atomic mass is 19.3. The van der Waals surface area contributed by atoms with E-state index in [1.54, 1.807) is 6.07 Å². The van der Waals surface area contributed by atoms with Gasteiger partial charge >= 0.3 is 6.61 Å². The zero-order valence-corrected chi connectivity index (χ0v) is 16.6. The van der Waals surface area contributed by atoms with Crippen molar-refractivity contribution in [3.05, 3.63) is 24.2 Å². The van der Waals surface area contributed by atoms with E-state index in [1.807, 2.05) is 0 Å². The van der Waals surface area contributed by atoms with Crippen LogP contribution in [-0.4, -0.2) is 52.8 Å². The van der Waals surface area contributed by atoms with Gasteiger partial charge in [0.25, 0.3) is 5.92 Å². The summed E-state index contributed by atoms with van der Waals surface area (Å²) < 4.78 is 63.9. The zero-order valence-electron chi connectivity index (χ0n) is 16.6. The number of hydrogen-bond acceptors (Lipinski definition) is 7. The third-order valence-electron chi connectivity index (χ3n) is 6.30. The summed E-state index contributed by atoms with van der Waals surface area (Å²) in [6.07, 6.45) is 3.28. The molecule has 1 aliphatic carbocycles. The lowest BCUT2D eigenvalue weighted by atomic mass is 9.97. The smallest absolute Gasteiger partial charge is 0.387 e. The van der Waals surface area contributed by atoms with Crippen LogP contribution in [0.5, 0.6) is 5.75 Å². The Morgan fingerprint density at radius 1 is 1.26 bits per heavy atom. The van der Waals surface area contributed by atoms with Gasteiger partial charge < -0.3 is 20.1 Å². The number of hydrogen-bond donors (Lipinski definition) is 1. The van der Waals surface area contributed by atoms with Gasteiger partial charge in [-0.05, 0) is 18.9 Å². The van der Waals surface area contributed by atoms with Gasteiger partial charge in [0, 0.05) is 30.3 Å². The van der Waals surface area contributed by atoms with Crippen molar-refractivity contribution < 1.29 is 27.0 Å². The van der Waals surface area contributed by atoms with Gasteiger partial charge in [0.1, 0.15) is 11.6 Å². The quantitative estimate of drug-likeness (QED) is 0.714. The Morgan fingerprint density at radius 2 is 2.03 bits per heavy atom. The molecule has 0 amide bonds. The number of halogens is 4. The minimum Gasteiger partial charge on any atom is -0.431 e. The molecule has 2 bridgehead atoms. The van der Waals surface area contributed by atoms with E-state index >= 15 is 0 Å². The van der Waals surface area contributed by atoms with E-state index in [-0.39, 0.29) is 29.5 Å². The maximum Gasteiger partial charge on any atom is 0.387 e. The number of pyridine rings is 1. The Morgan fingerprint density at radius 3 is 2.61 bits per heavy atom. The first kappa shape index (κ1) is 20.2. The first-order valence-electron chi connectivity index (χ1n) is 10.1. The summed E-state index contributed by atoms with van der Waals surface area (Å²) in [7, 11) is 0. The third-order valence-corrected chi connectivity index (χ3v) is 6.30. The molecule has 166 valence electrons. The van der Waals surface area contributed by atoms with Crippen LogP contribution in [0.2, 0.25) is 0 Å². The Labute approximate surface area is 175 Å². The van der Waals surface area contributed by atoms with Crippen molar-refractivity contribution in [2.75, 3.05) is 23.8 Å². The topological polar surface area (TPSA) is 86.4 Å². The maximum absolute atomic E-state index is 14.1. The molecule has 2 aromatic heterocycles. The molecular formula is C20H21F4N5O2. The summed E-state index contributed by atoms with van der Waals surface area (Å²) >= 11 is 0. The normalized spacial score (nSPS) is 28.8. The van der Waals surface area contributed by atoms with Crippen LogP contribution in [0, 0.1) is 5.92 Å². The lowest BCUT2D eigenvalue weighted by molar-refractivity contribution is -0.0494. The SMILES string of the molecule is CC1C(c2nc(-c3cnc(N)c(OC(F)F)c3)cc(N3C[C@@H]4CC[C@H]3CO4)n2)C1(F)F. The largest absolute Gasteiger partial charge is 0.431 e. The summed E-state index contributed by atoms with van der Waals surface area (Å²) in [4.78, 5) is 14.8. The van der Waals surface area contributed by atoms with E-state index in [0.29, 0.717) is 30.2 Å². The number of nitrogens with zero attached hydrogens (tertiary/aromatic N) is 4. The molecule has 3 aliphatic heterocycles. The number of nitrogens with two attached hydrogens (primary N) is 1. The van der Waals surface area contributed by atoms with E-state index in [0.717, 1.165) is 12.8 Å². The standard InChI is InChI=1S/C20H21F4N5O2/c1-9-16(20(9,23)24)18-27-13(10-4-14(31-19(21)22)17(25)26-6-10)5-15(28-18)29-7-12-3-2-11(29)8-30-12/h4-6,9,11-12,16,19H,2-3,7-8H2,1H3,(H2,25,26)/t9?,11-,12-,16?/m0/s1. The number of fused-ring (bicyclic) bond motifs is 3. The molecule has 6 rings (SSSR count). The van der Waals surface area contributed by atoms with Crippen LogP contribution in [0.15, 0.2) is 18.3 Å². The minimum absolute atomic E-state index is 0.0283. The molecule has 3 saturated heterocycles. The van der Waals surface area contributed by atoms with Gasteiger partial charge in [0.15, 0.2) is 11.6 Å². The Bertz CT molecular complexity index is 1000. The molecule has 5 heterocycles. The number of aromatic nitrogens is 3. The zero-order chi connectivity index (χ0) is 21.9. The van der Waals surface area contributed by atoms with Gasteiger partial charge in [0.05, 0.1) is 30.4 Å². The fraction of sp³-hybridized carbons (Fsp3) is 0.550. The predicted molar refractivity (Wildman–Crippen MR) is 103 cm³/mol. The number of alkyl halides is 4. The van der Waals surface area contributed by atoms with Crippen LogP contribution in [0.3, 0.4) is 0 Å². The number of anilines is 2. The van der Waals surface area contributed by atoms with Crippen LogP contribution >= 0.6 is 0 Å². The minimum atomic E-state index is -3.08. The molecule has 0 aromatic carbocycles. The highest BCUT2D eigenvalue weighted by molar-refractivity contribution is 5.67.